The Morgan fingerprint density at radius 3 is 2.87 bits per heavy atom. The van der Waals surface area contributed by atoms with Gasteiger partial charge in [0.25, 0.3) is 0 Å². The number of anilines is 1. The first-order chi connectivity index (χ1) is 7.22. The van der Waals surface area contributed by atoms with Gasteiger partial charge in [-0.2, -0.15) is 0 Å². The van der Waals surface area contributed by atoms with E-state index in [1.807, 2.05) is 19.2 Å². The molecular formula is C11H14N4. The third-order valence-electron chi connectivity index (χ3n) is 2.43. The molecular weight excluding hydrogens is 188 g/mol. The van der Waals surface area contributed by atoms with Crippen molar-refractivity contribution in [3.05, 3.63) is 30.2 Å². The summed E-state index contributed by atoms with van der Waals surface area (Å²) in [6.07, 6.45) is 5.52. The minimum absolute atomic E-state index is 0.577. The summed E-state index contributed by atoms with van der Waals surface area (Å²) >= 11 is 0. The molecule has 0 atom stereocenters. The highest BCUT2D eigenvalue weighted by atomic mass is 15.1. The number of hydrogen-bond donors (Lipinski definition) is 1. The summed E-state index contributed by atoms with van der Waals surface area (Å²) in [5.41, 5.74) is 7.67. The van der Waals surface area contributed by atoms with Crippen LogP contribution < -0.4 is 5.73 Å². The monoisotopic (exact) mass is 202 g/mol. The number of imidazole rings is 1. The molecule has 0 aliphatic carbocycles. The second kappa shape index (κ2) is 3.73. The number of pyridine rings is 1. The molecule has 78 valence electrons. The number of hydrogen-bond acceptors (Lipinski definition) is 3. The fraction of sp³-hybridized carbons (Fsp3) is 0.273. The van der Waals surface area contributed by atoms with E-state index in [0.717, 1.165) is 23.5 Å². The van der Waals surface area contributed by atoms with E-state index in [9.17, 15) is 0 Å². The second-order valence-corrected chi connectivity index (χ2v) is 3.46. The van der Waals surface area contributed by atoms with E-state index in [1.165, 1.54) is 0 Å². The third kappa shape index (κ3) is 1.70. The van der Waals surface area contributed by atoms with Gasteiger partial charge in [0.2, 0.25) is 0 Å². The lowest BCUT2D eigenvalue weighted by Gasteiger charge is -2.06. The minimum atomic E-state index is 0.577. The summed E-state index contributed by atoms with van der Waals surface area (Å²) in [4.78, 5) is 8.44. The Kier molecular flexibility index (Phi) is 2.41. The second-order valence-electron chi connectivity index (χ2n) is 3.46. The molecule has 2 heterocycles. The summed E-state index contributed by atoms with van der Waals surface area (Å²) in [7, 11) is 0. The molecule has 0 saturated carbocycles. The average Bonchev–Trinajstić information content (AvgIpc) is 2.70. The number of rotatable bonds is 2. The fourth-order valence-electron chi connectivity index (χ4n) is 1.53. The first-order valence-electron chi connectivity index (χ1n) is 4.96. The lowest BCUT2D eigenvalue weighted by atomic mass is 10.2. The Labute approximate surface area is 88.8 Å². The van der Waals surface area contributed by atoms with Crippen LogP contribution in [0.5, 0.6) is 0 Å². The van der Waals surface area contributed by atoms with Gasteiger partial charge in [-0.3, -0.25) is 0 Å². The molecule has 2 aromatic heterocycles. The number of nitrogens with two attached hydrogens (primary N) is 1. The van der Waals surface area contributed by atoms with Gasteiger partial charge in [0, 0.05) is 30.7 Å². The van der Waals surface area contributed by atoms with Crippen molar-refractivity contribution in [1.29, 1.82) is 0 Å². The highest BCUT2D eigenvalue weighted by Crippen LogP contribution is 2.19. The molecule has 0 radical (unpaired) electrons. The van der Waals surface area contributed by atoms with Crippen molar-refractivity contribution in [3.63, 3.8) is 0 Å². The van der Waals surface area contributed by atoms with Gasteiger partial charge >= 0.3 is 0 Å². The first kappa shape index (κ1) is 9.71. The molecule has 0 aliphatic heterocycles. The lowest BCUT2D eigenvalue weighted by molar-refractivity contribution is 0.770. The summed E-state index contributed by atoms with van der Waals surface area (Å²) in [5.74, 6) is 1.52. The Morgan fingerprint density at radius 1 is 1.40 bits per heavy atom. The molecule has 2 aromatic rings. The Hall–Kier alpha value is -1.84. The molecule has 15 heavy (non-hydrogen) atoms. The molecule has 0 saturated heterocycles. The van der Waals surface area contributed by atoms with E-state index in [2.05, 4.69) is 21.5 Å². The van der Waals surface area contributed by atoms with Crippen molar-refractivity contribution < 1.29 is 0 Å². The molecule has 0 aromatic carbocycles. The number of nitrogen functional groups attached to an aromatic ring is 1. The van der Waals surface area contributed by atoms with Gasteiger partial charge in [-0.05, 0) is 25.5 Å². The van der Waals surface area contributed by atoms with Crippen LogP contribution in [0.1, 0.15) is 12.5 Å². The number of nitrogens with zero attached hydrogens (tertiary/aromatic N) is 3. The van der Waals surface area contributed by atoms with Crippen molar-refractivity contribution >= 4 is 5.82 Å². The third-order valence-corrected chi connectivity index (χ3v) is 2.43. The van der Waals surface area contributed by atoms with Crippen LogP contribution in [0.3, 0.4) is 0 Å². The standard InChI is InChI=1S/C11H14N4/c1-3-15-5-4-13-11(15)9-6-8(2)10(12)14-7-9/h4-7H,3H2,1-2H3,(H2,12,14). The summed E-state index contributed by atoms with van der Waals surface area (Å²) < 4.78 is 2.08. The van der Waals surface area contributed by atoms with Crippen LogP contribution in [0.15, 0.2) is 24.7 Å². The van der Waals surface area contributed by atoms with Crippen molar-refractivity contribution in [2.24, 2.45) is 0 Å². The minimum Gasteiger partial charge on any atom is -0.383 e. The molecule has 0 spiro atoms. The molecule has 0 bridgehead atoms. The Morgan fingerprint density at radius 2 is 2.20 bits per heavy atom. The van der Waals surface area contributed by atoms with Gasteiger partial charge in [-0.25, -0.2) is 9.97 Å². The quantitative estimate of drug-likeness (QED) is 0.808. The van der Waals surface area contributed by atoms with E-state index in [1.54, 1.807) is 12.4 Å². The highest BCUT2D eigenvalue weighted by molar-refractivity contribution is 5.58. The molecule has 0 fully saturated rings. The predicted octanol–water partition coefficient (Wildman–Crippen LogP) is 1.86. The topological polar surface area (TPSA) is 56.7 Å². The van der Waals surface area contributed by atoms with Crippen LogP contribution in [0.4, 0.5) is 5.82 Å². The van der Waals surface area contributed by atoms with Gasteiger partial charge in [0.15, 0.2) is 0 Å². The van der Waals surface area contributed by atoms with Gasteiger partial charge in [-0.1, -0.05) is 0 Å². The number of aromatic nitrogens is 3. The van der Waals surface area contributed by atoms with Crippen LogP contribution >= 0.6 is 0 Å². The average molecular weight is 202 g/mol. The van der Waals surface area contributed by atoms with Crippen molar-refractivity contribution in [1.82, 2.24) is 14.5 Å². The molecule has 2 rings (SSSR count). The molecule has 0 aliphatic rings. The molecule has 2 N–H and O–H groups in total. The normalized spacial score (nSPS) is 10.5. The van der Waals surface area contributed by atoms with Crippen LogP contribution in [-0.4, -0.2) is 14.5 Å². The van der Waals surface area contributed by atoms with Crippen molar-refractivity contribution in [2.75, 3.05) is 5.73 Å². The van der Waals surface area contributed by atoms with E-state index < -0.39 is 0 Å². The Bertz CT molecular complexity index is 473. The maximum absolute atomic E-state index is 5.67. The van der Waals surface area contributed by atoms with Gasteiger partial charge < -0.3 is 10.3 Å². The van der Waals surface area contributed by atoms with Gasteiger partial charge in [0.05, 0.1) is 0 Å². The largest absolute Gasteiger partial charge is 0.383 e. The maximum atomic E-state index is 5.67. The summed E-state index contributed by atoms with van der Waals surface area (Å²) in [6, 6.07) is 2.01. The van der Waals surface area contributed by atoms with E-state index in [-0.39, 0.29) is 0 Å². The van der Waals surface area contributed by atoms with E-state index in [4.69, 9.17) is 5.73 Å². The molecule has 0 amide bonds. The zero-order chi connectivity index (χ0) is 10.8. The first-order valence-corrected chi connectivity index (χ1v) is 4.96. The van der Waals surface area contributed by atoms with Crippen LogP contribution in [0.25, 0.3) is 11.4 Å². The van der Waals surface area contributed by atoms with Crippen molar-refractivity contribution in [3.8, 4) is 11.4 Å². The van der Waals surface area contributed by atoms with Crippen LogP contribution in [0, 0.1) is 6.92 Å². The molecule has 0 unspecified atom stereocenters. The number of aryl methyl sites for hydroxylation is 2. The molecule has 4 heteroatoms. The Balaban J connectivity index is 2.50. The van der Waals surface area contributed by atoms with Crippen LogP contribution in [0.2, 0.25) is 0 Å². The van der Waals surface area contributed by atoms with E-state index in [0.29, 0.717) is 5.82 Å². The smallest absolute Gasteiger partial charge is 0.141 e. The summed E-state index contributed by atoms with van der Waals surface area (Å²) in [5, 5.41) is 0. The zero-order valence-electron chi connectivity index (χ0n) is 8.94. The fourth-order valence-corrected chi connectivity index (χ4v) is 1.53. The highest BCUT2D eigenvalue weighted by Gasteiger charge is 2.06. The molecule has 4 nitrogen and oxygen atoms in total. The summed E-state index contributed by atoms with van der Waals surface area (Å²) in [6.45, 7) is 4.94. The van der Waals surface area contributed by atoms with Crippen molar-refractivity contribution in [2.45, 2.75) is 20.4 Å². The van der Waals surface area contributed by atoms with Gasteiger partial charge in [0.1, 0.15) is 11.6 Å². The van der Waals surface area contributed by atoms with Gasteiger partial charge in [-0.15, -0.1) is 0 Å². The maximum Gasteiger partial charge on any atom is 0.141 e. The predicted molar refractivity (Wildman–Crippen MR) is 60.3 cm³/mol. The van der Waals surface area contributed by atoms with Crippen LogP contribution in [-0.2, 0) is 6.54 Å². The lowest BCUT2D eigenvalue weighted by Crippen LogP contribution is -1.99. The zero-order valence-corrected chi connectivity index (χ0v) is 8.94. The SMILES string of the molecule is CCn1ccnc1-c1cnc(N)c(C)c1. The van der Waals surface area contributed by atoms with E-state index >= 15 is 0 Å².